The highest BCUT2D eigenvalue weighted by Crippen LogP contribution is 2.22. The van der Waals surface area contributed by atoms with Gasteiger partial charge in [0.2, 0.25) is 0 Å². The van der Waals surface area contributed by atoms with Crippen molar-refractivity contribution in [3.63, 3.8) is 0 Å². The summed E-state index contributed by atoms with van der Waals surface area (Å²) in [5.41, 5.74) is -0.671. The van der Waals surface area contributed by atoms with E-state index in [9.17, 15) is 4.79 Å². The number of carbonyl (C=O) groups excluding carboxylic acids is 1. The van der Waals surface area contributed by atoms with Crippen molar-refractivity contribution in [2.75, 3.05) is 19.7 Å². The Hall–Kier alpha value is -1.01. The van der Waals surface area contributed by atoms with E-state index in [1.54, 1.807) is 6.92 Å². The summed E-state index contributed by atoms with van der Waals surface area (Å²) in [6.45, 7) is 3.25. The van der Waals surface area contributed by atoms with Crippen molar-refractivity contribution in [1.82, 2.24) is 5.32 Å². The van der Waals surface area contributed by atoms with Crippen molar-refractivity contribution < 1.29 is 9.53 Å². The SMILES string of the molecule is C#CC1(C(=O)OCC)CNC1. The molecule has 1 fully saturated rings. The van der Waals surface area contributed by atoms with Crippen LogP contribution in [-0.2, 0) is 9.53 Å². The molecule has 0 aromatic carbocycles. The quantitative estimate of drug-likeness (QED) is 0.440. The van der Waals surface area contributed by atoms with E-state index >= 15 is 0 Å². The lowest BCUT2D eigenvalue weighted by Crippen LogP contribution is -2.57. The van der Waals surface area contributed by atoms with E-state index in [1.807, 2.05) is 0 Å². The van der Waals surface area contributed by atoms with Crippen LogP contribution in [0.25, 0.3) is 0 Å². The highest BCUT2D eigenvalue weighted by molar-refractivity contribution is 5.82. The average molecular weight is 153 g/mol. The third-order valence-corrected chi connectivity index (χ3v) is 1.80. The Morgan fingerprint density at radius 1 is 1.82 bits per heavy atom. The van der Waals surface area contributed by atoms with Crippen LogP contribution in [0.1, 0.15) is 6.92 Å². The minimum atomic E-state index is -0.671. The summed E-state index contributed by atoms with van der Waals surface area (Å²) < 4.78 is 4.82. The van der Waals surface area contributed by atoms with Gasteiger partial charge < -0.3 is 10.1 Å². The van der Waals surface area contributed by atoms with Crippen molar-refractivity contribution in [2.45, 2.75) is 6.92 Å². The summed E-state index contributed by atoms with van der Waals surface area (Å²) in [6, 6.07) is 0. The maximum absolute atomic E-state index is 11.2. The van der Waals surface area contributed by atoms with Gasteiger partial charge in [0.05, 0.1) is 6.61 Å². The number of ether oxygens (including phenoxy) is 1. The number of terminal acetylenes is 1. The van der Waals surface area contributed by atoms with Crippen LogP contribution in [0.2, 0.25) is 0 Å². The summed E-state index contributed by atoms with van der Waals surface area (Å²) >= 11 is 0. The van der Waals surface area contributed by atoms with E-state index in [-0.39, 0.29) is 5.97 Å². The summed E-state index contributed by atoms with van der Waals surface area (Å²) in [6.07, 6.45) is 5.21. The summed E-state index contributed by atoms with van der Waals surface area (Å²) in [4.78, 5) is 11.2. The second-order valence-corrected chi connectivity index (χ2v) is 2.55. The molecule has 0 atom stereocenters. The van der Waals surface area contributed by atoms with Crippen LogP contribution in [0.4, 0.5) is 0 Å². The second kappa shape index (κ2) is 2.93. The van der Waals surface area contributed by atoms with Crippen LogP contribution < -0.4 is 5.32 Å². The Kier molecular flexibility index (Phi) is 2.16. The third kappa shape index (κ3) is 1.22. The highest BCUT2D eigenvalue weighted by Gasteiger charge is 2.44. The predicted molar refractivity (Wildman–Crippen MR) is 40.8 cm³/mol. The number of hydrogen-bond donors (Lipinski definition) is 1. The van der Waals surface area contributed by atoms with Crippen molar-refractivity contribution in [3.05, 3.63) is 0 Å². The first-order valence-electron chi connectivity index (χ1n) is 3.61. The fourth-order valence-electron chi connectivity index (χ4n) is 0.950. The highest BCUT2D eigenvalue weighted by atomic mass is 16.5. The number of carbonyl (C=O) groups is 1. The first-order valence-corrected chi connectivity index (χ1v) is 3.61. The maximum Gasteiger partial charge on any atom is 0.326 e. The van der Waals surface area contributed by atoms with Gasteiger partial charge in [0, 0.05) is 13.1 Å². The molecule has 0 bridgehead atoms. The Morgan fingerprint density at radius 2 is 2.45 bits per heavy atom. The molecule has 1 rings (SSSR count). The van der Waals surface area contributed by atoms with Gasteiger partial charge in [-0.05, 0) is 6.92 Å². The molecule has 0 amide bonds. The molecule has 0 aliphatic carbocycles. The molecule has 0 aromatic heterocycles. The van der Waals surface area contributed by atoms with E-state index < -0.39 is 5.41 Å². The Labute approximate surface area is 66.1 Å². The molecule has 3 heteroatoms. The zero-order valence-corrected chi connectivity index (χ0v) is 6.52. The molecule has 0 aromatic rings. The van der Waals surface area contributed by atoms with Crippen LogP contribution >= 0.6 is 0 Å². The molecule has 0 spiro atoms. The molecule has 11 heavy (non-hydrogen) atoms. The molecule has 0 unspecified atom stereocenters. The average Bonchev–Trinajstić information content (AvgIpc) is 1.87. The number of hydrogen-bond acceptors (Lipinski definition) is 3. The fraction of sp³-hybridized carbons (Fsp3) is 0.625. The second-order valence-electron chi connectivity index (χ2n) is 2.55. The predicted octanol–water partition coefficient (Wildman–Crippen LogP) is -0.228. The van der Waals surface area contributed by atoms with Gasteiger partial charge in [-0.2, -0.15) is 0 Å². The minimum absolute atomic E-state index is 0.277. The van der Waals surface area contributed by atoms with Gasteiger partial charge in [0.1, 0.15) is 0 Å². The Morgan fingerprint density at radius 3 is 2.73 bits per heavy atom. The van der Waals surface area contributed by atoms with Gasteiger partial charge in [-0.3, -0.25) is 4.79 Å². The van der Waals surface area contributed by atoms with Crippen LogP contribution in [0, 0.1) is 17.8 Å². The molecule has 1 heterocycles. The number of rotatable bonds is 2. The molecular formula is C8H11NO2. The van der Waals surface area contributed by atoms with Gasteiger partial charge >= 0.3 is 5.97 Å². The summed E-state index contributed by atoms with van der Waals surface area (Å²) in [5.74, 6) is 2.19. The number of esters is 1. The van der Waals surface area contributed by atoms with E-state index in [0.29, 0.717) is 19.7 Å². The van der Waals surface area contributed by atoms with Gasteiger partial charge in [0.25, 0.3) is 0 Å². The molecule has 1 N–H and O–H groups in total. The van der Waals surface area contributed by atoms with Crippen LogP contribution in [0.15, 0.2) is 0 Å². The van der Waals surface area contributed by atoms with E-state index in [4.69, 9.17) is 11.2 Å². The fourth-order valence-corrected chi connectivity index (χ4v) is 0.950. The molecule has 0 radical (unpaired) electrons. The van der Waals surface area contributed by atoms with Gasteiger partial charge in [-0.1, -0.05) is 5.92 Å². The maximum atomic E-state index is 11.2. The monoisotopic (exact) mass is 153 g/mol. The van der Waals surface area contributed by atoms with E-state index in [2.05, 4.69) is 11.2 Å². The molecule has 1 saturated heterocycles. The first-order chi connectivity index (χ1) is 5.25. The third-order valence-electron chi connectivity index (χ3n) is 1.80. The number of nitrogens with one attached hydrogen (secondary N) is 1. The van der Waals surface area contributed by atoms with E-state index in [1.165, 1.54) is 0 Å². The lowest BCUT2D eigenvalue weighted by atomic mass is 9.83. The van der Waals surface area contributed by atoms with Crippen LogP contribution in [-0.4, -0.2) is 25.7 Å². The zero-order chi connectivity index (χ0) is 8.32. The van der Waals surface area contributed by atoms with Crippen LogP contribution in [0.3, 0.4) is 0 Å². The van der Waals surface area contributed by atoms with Gasteiger partial charge in [-0.15, -0.1) is 6.42 Å². The molecule has 3 nitrogen and oxygen atoms in total. The Bertz CT molecular complexity index is 201. The first kappa shape index (κ1) is 8.09. The standard InChI is InChI=1S/C8H11NO2/c1-3-8(5-9-6-8)7(10)11-4-2/h1,9H,4-6H2,2H3. The van der Waals surface area contributed by atoms with Crippen LogP contribution in [0.5, 0.6) is 0 Å². The lowest BCUT2D eigenvalue weighted by Gasteiger charge is -2.35. The van der Waals surface area contributed by atoms with Crippen molar-refractivity contribution >= 4 is 5.97 Å². The van der Waals surface area contributed by atoms with Gasteiger partial charge in [-0.25, -0.2) is 0 Å². The van der Waals surface area contributed by atoms with Gasteiger partial charge in [0.15, 0.2) is 5.41 Å². The largest absolute Gasteiger partial charge is 0.465 e. The van der Waals surface area contributed by atoms with Crippen molar-refractivity contribution in [3.8, 4) is 12.3 Å². The minimum Gasteiger partial charge on any atom is -0.465 e. The summed E-state index contributed by atoms with van der Waals surface area (Å²) in [5, 5.41) is 2.95. The van der Waals surface area contributed by atoms with Crippen molar-refractivity contribution in [2.24, 2.45) is 5.41 Å². The Balaban J connectivity index is 2.57. The molecular weight excluding hydrogens is 142 g/mol. The smallest absolute Gasteiger partial charge is 0.326 e. The topological polar surface area (TPSA) is 38.3 Å². The molecule has 0 saturated carbocycles. The zero-order valence-electron chi connectivity index (χ0n) is 6.52. The molecule has 60 valence electrons. The molecule has 1 aliphatic rings. The molecule has 1 aliphatic heterocycles. The van der Waals surface area contributed by atoms with E-state index in [0.717, 1.165) is 0 Å². The lowest BCUT2D eigenvalue weighted by molar-refractivity contribution is -0.154. The van der Waals surface area contributed by atoms with Crippen molar-refractivity contribution in [1.29, 1.82) is 0 Å². The normalized spacial score (nSPS) is 19.6. The summed E-state index contributed by atoms with van der Waals surface area (Å²) in [7, 11) is 0.